The summed E-state index contributed by atoms with van der Waals surface area (Å²) in [6, 6.07) is 9.12. The standard InChI is InChI=1S/C15H15NO3S/c1-18-11-5-7-13(14(10-11)19-2)16-15(17)8-6-12-4-3-9-20-12/h3-10H,1-2H3,(H,16,17). The van der Waals surface area contributed by atoms with Crippen LogP contribution in [0, 0.1) is 0 Å². The van der Waals surface area contributed by atoms with E-state index < -0.39 is 0 Å². The molecule has 0 atom stereocenters. The van der Waals surface area contributed by atoms with E-state index in [-0.39, 0.29) is 5.91 Å². The molecule has 0 spiro atoms. The highest BCUT2D eigenvalue weighted by molar-refractivity contribution is 7.10. The Morgan fingerprint density at radius 2 is 2.10 bits per heavy atom. The fourth-order valence-corrected chi connectivity index (χ4v) is 2.24. The van der Waals surface area contributed by atoms with Gasteiger partial charge in [0, 0.05) is 17.0 Å². The number of methoxy groups -OCH3 is 2. The predicted molar refractivity (Wildman–Crippen MR) is 81.5 cm³/mol. The normalized spacial score (nSPS) is 10.5. The number of ether oxygens (including phenoxy) is 2. The largest absolute Gasteiger partial charge is 0.497 e. The third-order valence-electron chi connectivity index (χ3n) is 2.61. The first-order valence-corrected chi connectivity index (χ1v) is 6.85. The Morgan fingerprint density at radius 1 is 1.25 bits per heavy atom. The van der Waals surface area contributed by atoms with Crippen LogP contribution in [0.25, 0.3) is 6.08 Å². The number of benzene rings is 1. The molecule has 2 aromatic rings. The van der Waals surface area contributed by atoms with Gasteiger partial charge in [-0.1, -0.05) is 6.07 Å². The van der Waals surface area contributed by atoms with E-state index in [2.05, 4.69) is 5.32 Å². The molecule has 0 aliphatic heterocycles. The molecule has 1 amide bonds. The molecule has 1 aromatic heterocycles. The molecule has 0 unspecified atom stereocenters. The molecule has 1 aromatic carbocycles. The summed E-state index contributed by atoms with van der Waals surface area (Å²) in [5.41, 5.74) is 0.606. The Morgan fingerprint density at radius 3 is 2.75 bits per heavy atom. The summed E-state index contributed by atoms with van der Waals surface area (Å²) >= 11 is 1.58. The zero-order valence-corrected chi connectivity index (χ0v) is 12.1. The summed E-state index contributed by atoms with van der Waals surface area (Å²) in [5.74, 6) is 1.03. The fourth-order valence-electron chi connectivity index (χ4n) is 1.62. The van der Waals surface area contributed by atoms with Crippen molar-refractivity contribution in [2.75, 3.05) is 19.5 Å². The molecule has 1 heterocycles. The average Bonchev–Trinajstić information content (AvgIpc) is 2.99. The first-order chi connectivity index (χ1) is 9.72. The van der Waals surface area contributed by atoms with Crippen LogP contribution >= 0.6 is 11.3 Å². The monoisotopic (exact) mass is 289 g/mol. The number of carbonyl (C=O) groups excluding carboxylic acids is 1. The van der Waals surface area contributed by atoms with Gasteiger partial charge in [0.25, 0.3) is 0 Å². The summed E-state index contributed by atoms with van der Waals surface area (Å²) < 4.78 is 10.3. The first-order valence-electron chi connectivity index (χ1n) is 5.97. The Bertz CT molecular complexity index is 606. The van der Waals surface area contributed by atoms with Crippen LogP contribution < -0.4 is 14.8 Å². The molecular weight excluding hydrogens is 274 g/mol. The van der Waals surface area contributed by atoms with Gasteiger partial charge in [-0.25, -0.2) is 0 Å². The van der Waals surface area contributed by atoms with Crippen LogP contribution in [-0.2, 0) is 4.79 Å². The van der Waals surface area contributed by atoms with E-state index in [4.69, 9.17) is 9.47 Å². The van der Waals surface area contributed by atoms with Gasteiger partial charge in [0.1, 0.15) is 11.5 Å². The van der Waals surface area contributed by atoms with Crippen LogP contribution in [0.5, 0.6) is 11.5 Å². The van der Waals surface area contributed by atoms with Gasteiger partial charge in [0.05, 0.1) is 19.9 Å². The minimum Gasteiger partial charge on any atom is -0.497 e. The fraction of sp³-hybridized carbons (Fsp3) is 0.133. The summed E-state index contributed by atoms with van der Waals surface area (Å²) in [6.45, 7) is 0. The smallest absolute Gasteiger partial charge is 0.248 e. The Labute approximate surface area is 121 Å². The highest BCUT2D eigenvalue weighted by Crippen LogP contribution is 2.29. The van der Waals surface area contributed by atoms with Gasteiger partial charge >= 0.3 is 0 Å². The van der Waals surface area contributed by atoms with Crippen LogP contribution in [0.2, 0.25) is 0 Å². The molecule has 0 aliphatic rings. The lowest BCUT2D eigenvalue weighted by atomic mass is 10.2. The SMILES string of the molecule is COc1ccc(NC(=O)C=Cc2cccs2)c(OC)c1. The molecule has 0 saturated heterocycles. The highest BCUT2D eigenvalue weighted by atomic mass is 32.1. The van der Waals surface area contributed by atoms with Gasteiger partial charge < -0.3 is 14.8 Å². The van der Waals surface area contributed by atoms with Gasteiger partial charge in [-0.2, -0.15) is 0 Å². The lowest BCUT2D eigenvalue weighted by Gasteiger charge is -2.10. The average molecular weight is 289 g/mol. The second-order valence-electron chi connectivity index (χ2n) is 3.90. The topological polar surface area (TPSA) is 47.6 Å². The third kappa shape index (κ3) is 3.61. The molecule has 0 bridgehead atoms. The van der Waals surface area contributed by atoms with Crippen molar-refractivity contribution in [2.24, 2.45) is 0 Å². The number of hydrogen-bond acceptors (Lipinski definition) is 4. The number of thiophene rings is 1. The maximum absolute atomic E-state index is 11.9. The molecule has 0 radical (unpaired) electrons. The second kappa shape index (κ2) is 6.77. The number of hydrogen-bond donors (Lipinski definition) is 1. The minimum absolute atomic E-state index is 0.207. The molecule has 5 heteroatoms. The van der Waals surface area contributed by atoms with Crippen LogP contribution in [-0.4, -0.2) is 20.1 Å². The Balaban J connectivity index is 2.07. The van der Waals surface area contributed by atoms with E-state index in [1.165, 1.54) is 6.08 Å². The zero-order valence-electron chi connectivity index (χ0n) is 11.3. The van der Waals surface area contributed by atoms with Gasteiger partial charge in [-0.05, 0) is 29.7 Å². The number of rotatable bonds is 5. The highest BCUT2D eigenvalue weighted by Gasteiger charge is 2.06. The summed E-state index contributed by atoms with van der Waals surface area (Å²) in [7, 11) is 3.13. The third-order valence-corrected chi connectivity index (χ3v) is 3.45. The molecule has 0 saturated carbocycles. The van der Waals surface area contributed by atoms with Crippen molar-refractivity contribution in [3.63, 3.8) is 0 Å². The van der Waals surface area contributed by atoms with Crippen molar-refractivity contribution in [1.29, 1.82) is 0 Å². The predicted octanol–water partition coefficient (Wildman–Crippen LogP) is 3.42. The number of carbonyl (C=O) groups is 1. The molecule has 1 N–H and O–H groups in total. The summed E-state index contributed by atoms with van der Waals surface area (Å²) in [6.07, 6.45) is 3.27. The molecule has 0 aliphatic carbocycles. The van der Waals surface area contributed by atoms with Gasteiger partial charge in [-0.3, -0.25) is 4.79 Å². The van der Waals surface area contributed by atoms with Gasteiger partial charge in [-0.15, -0.1) is 11.3 Å². The lowest BCUT2D eigenvalue weighted by Crippen LogP contribution is -2.08. The summed E-state index contributed by atoms with van der Waals surface area (Å²) in [5, 5.41) is 4.74. The molecule has 104 valence electrons. The Hall–Kier alpha value is -2.27. The van der Waals surface area contributed by atoms with E-state index in [0.717, 1.165) is 4.88 Å². The van der Waals surface area contributed by atoms with Crippen molar-refractivity contribution < 1.29 is 14.3 Å². The molecular formula is C15H15NO3S. The second-order valence-corrected chi connectivity index (χ2v) is 4.88. The lowest BCUT2D eigenvalue weighted by molar-refractivity contribution is -0.111. The quantitative estimate of drug-likeness (QED) is 0.858. The van der Waals surface area contributed by atoms with Crippen molar-refractivity contribution in [3.05, 3.63) is 46.7 Å². The van der Waals surface area contributed by atoms with E-state index in [1.54, 1.807) is 49.8 Å². The maximum Gasteiger partial charge on any atom is 0.248 e. The van der Waals surface area contributed by atoms with Gasteiger partial charge in [0.15, 0.2) is 0 Å². The van der Waals surface area contributed by atoms with Crippen molar-refractivity contribution in [2.45, 2.75) is 0 Å². The van der Waals surface area contributed by atoms with Crippen molar-refractivity contribution in [3.8, 4) is 11.5 Å². The molecule has 2 rings (SSSR count). The van der Waals surface area contributed by atoms with E-state index in [1.807, 2.05) is 17.5 Å². The summed E-state index contributed by atoms with van der Waals surface area (Å²) in [4.78, 5) is 12.9. The number of anilines is 1. The zero-order chi connectivity index (χ0) is 14.4. The Kier molecular flexibility index (Phi) is 4.79. The van der Waals surface area contributed by atoms with E-state index in [0.29, 0.717) is 17.2 Å². The van der Waals surface area contributed by atoms with Crippen molar-refractivity contribution >= 4 is 29.0 Å². The van der Waals surface area contributed by atoms with Gasteiger partial charge in [0.2, 0.25) is 5.91 Å². The van der Waals surface area contributed by atoms with Crippen molar-refractivity contribution in [1.82, 2.24) is 0 Å². The molecule has 0 fully saturated rings. The molecule has 20 heavy (non-hydrogen) atoms. The number of amides is 1. The van der Waals surface area contributed by atoms with Crippen LogP contribution in [0.1, 0.15) is 4.88 Å². The van der Waals surface area contributed by atoms with Crippen LogP contribution in [0.15, 0.2) is 41.8 Å². The molecule has 4 nitrogen and oxygen atoms in total. The first kappa shape index (κ1) is 14.1. The van der Waals surface area contributed by atoms with Crippen LogP contribution in [0.4, 0.5) is 5.69 Å². The minimum atomic E-state index is -0.207. The number of nitrogens with one attached hydrogen (secondary N) is 1. The van der Waals surface area contributed by atoms with Crippen LogP contribution in [0.3, 0.4) is 0 Å². The maximum atomic E-state index is 11.9. The van der Waals surface area contributed by atoms with E-state index in [9.17, 15) is 4.79 Å². The van der Waals surface area contributed by atoms with E-state index >= 15 is 0 Å².